The summed E-state index contributed by atoms with van der Waals surface area (Å²) in [5.74, 6) is 0.927. The standard InChI is InChI=1S/C12H16N4O3/c1-7(2)11-5-10(19-14-11)6-15-9(4)12(16(17)18)8(3)13-15/h5,7H,6H2,1-4H3. The minimum atomic E-state index is -0.409. The Morgan fingerprint density at radius 2 is 2.16 bits per heavy atom. The van der Waals surface area contributed by atoms with E-state index in [9.17, 15) is 10.1 Å². The maximum atomic E-state index is 10.9. The van der Waals surface area contributed by atoms with Crippen LogP contribution in [-0.4, -0.2) is 19.9 Å². The maximum Gasteiger partial charge on any atom is 0.312 e. The molecule has 0 spiro atoms. The van der Waals surface area contributed by atoms with Gasteiger partial charge in [0.1, 0.15) is 17.9 Å². The number of nitro groups is 1. The van der Waals surface area contributed by atoms with Gasteiger partial charge in [0.2, 0.25) is 0 Å². The molecule has 0 fully saturated rings. The molecule has 0 saturated heterocycles. The summed E-state index contributed by atoms with van der Waals surface area (Å²) in [7, 11) is 0. The molecule has 102 valence electrons. The first kappa shape index (κ1) is 13.3. The Hall–Kier alpha value is -2.18. The molecule has 2 aromatic heterocycles. The first-order chi connectivity index (χ1) is 8.90. The van der Waals surface area contributed by atoms with Gasteiger partial charge >= 0.3 is 5.69 Å². The Balaban J connectivity index is 2.28. The van der Waals surface area contributed by atoms with Crippen molar-refractivity contribution in [2.75, 3.05) is 0 Å². The third-order valence-electron chi connectivity index (χ3n) is 3.00. The summed E-state index contributed by atoms with van der Waals surface area (Å²) in [5, 5.41) is 19.0. The number of aryl methyl sites for hydroxylation is 1. The quantitative estimate of drug-likeness (QED) is 0.625. The van der Waals surface area contributed by atoms with Crippen molar-refractivity contribution in [3.8, 4) is 0 Å². The Morgan fingerprint density at radius 3 is 2.63 bits per heavy atom. The molecular formula is C12H16N4O3. The molecule has 7 heteroatoms. The Labute approximate surface area is 110 Å². The average Bonchev–Trinajstić information content (AvgIpc) is 2.85. The highest BCUT2D eigenvalue weighted by Crippen LogP contribution is 2.23. The van der Waals surface area contributed by atoms with E-state index in [-0.39, 0.29) is 11.6 Å². The van der Waals surface area contributed by atoms with Crippen molar-refractivity contribution in [1.29, 1.82) is 0 Å². The van der Waals surface area contributed by atoms with Crippen molar-refractivity contribution in [3.63, 3.8) is 0 Å². The number of hydrogen-bond donors (Lipinski definition) is 0. The van der Waals surface area contributed by atoms with E-state index in [1.54, 1.807) is 18.5 Å². The number of aromatic nitrogens is 3. The fourth-order valence-corrected chi connectivity index (χ4v) is 1.93. The van der Waals surface area contributed by atoms with Gasteiger partial charge in [0.25, 0.3) is 0 Å². The Morgan fingerprint density at radius 1 is 1.47 bits per heavy atom. The topological polar surface area (TPSA) is 87.0 Å². The maximum absolute atomic E-state index is 10.9. The van der Waals surface area contributed by atoms with Crippen LogP contribution in [0.3, 0.4) is 0 Å². The smallest absolute Gasteiger partial charge is 0.312 e. The van der Waals surface area contributed by atoms with Crippen LogP contribution in [0.1, 0.15) is 42.6 Å². The van der Waals surface area contributed by atoms with Crippen LogP contribution in [0.25, 0.3) is 0 Å². The van der Waals surface area contributed by atoms with Crippen LogP contribution in [0, 0.1) is 24.0 Å². The highest BCUT2D eigenvalue weighted by Gasteiger charge is 2.22. The molecule has 2 rings (SSSR count). The summed E-state index contributed by atoms with van der Waals surface area (Å²) >= 11 is 0. The molecule has 0 aliphatic heterocycles. The van der Waals surface area contributed by atoms with Gasteiger partial charge in [-0.2, -0.15) is 5.10 Å². The number of hydrogen-bond acceptors (Lipinski definition) is 5. The van der Waals surface area contributed by atoms with Gasteiger partial charge in [0, 0.05) is 6.07 Å². The van der Waals surface area contributed by atoms with Gasteiger partial charge in [-0.15, -0.1) is 0 Å². The van der Waals surface area contributed by atoms with Crippen LogP contribution < -0.4 is 0 Å². The van der Waals surface area contributed by atoms with Gasteiger partial charge in [0.05, 0.1) is 10.6 Å². The van der Waals surface area contributed by atoms with E-state index in [2.05, 4.69) is 10.3 Å². The molecule has 0 bridgehead atoms. The molecule has 2 aromatic rings. The monoisotopic (exact) mass is 264 g/mol. The van der Waals surface area contributed by atoms with Crippen molar-refractivity contribution in [3.05, 3.63) is 39.0 Å². The largest absolute Gasteiger partial charge is 0.359 e. The van der Waals surface area contributed by atoms with E-state index in [1.165, 1.54) is 0 Å². The molecule has 0 saturated carbocycles. The Bertz CT molecular complexity index is 613. The van der Waals surface area contributed by atoms with Crippen molar-refractivity contribution in [2.45, 2.75) is 40.2 Å². The number of rotatable bonds is 4. The van der Waals surface area contributed by atoms with Gasteiger partial charge in [-0.25, -0.2) is 0 Å². The van der Waals surface area contributed by atoms with Crippen molar-refractivity contribution in [2.24, 2.45) is 0 Å². The molecule has 0 atom stereocenters. The lowest BCUT2D eigenvalue weighted by molar-refractivity contribution is -0.386. The summed E-state index contributed by atoms with van der Waals surface area (Å²) in [6.07, 6.45) is 0. The summed E-state index contributed by atoms with van der Waals surface area (Å²) in [6, 6.07) is 1.85. The van der Waals surface area contributed by atoms with E-state index in [1.807, 2.05) is 19.9 Å². The van der Waals surface area contributed by atoms with Gasteiger partial charge in [0.15, 0.2) is 5.76 Å². The second-order valence-electron chi connectivity index (χ2n) is 4.81. The van der Waals surface area contributed by atoms with E-state index in [0.29, 0.717) is 23.7 Å². The van der Waals surface area contributed by atoms with E-state index < -0.39 is 4.92 Å². The van der Waals surface area contributed by atoms with Crippen LogP contribution >= 0.6 is 0 Å². The molecule has 0 aliphatic carbocycles. The minimum Gasteiger partial charge on any atom is -0.359 e. The van der Waals surface area contributed by atoms with Crippen molar-refractivity contribution >= 4 is 5.69 Å². The molecular weight excluding hydrogens is 248 g/mol. The molecule has 7 nitrogen and oxygen atoms in total. The summed E-state index contributed by atoms with van der Waals surface area (Å²) in [4.78, 5) is 10.5. The lowest BCUT2D eigenvalue weighted by Gasteiger charge is -1.99. The first-order valence-corrected chi connectivity index (χ1v) is 6.04. The zero-order valence-corrected chi connectivity index (χ0v) is 11.4. The van der Waals surface area contributed by atoms with Crippen molar-refractivity contribution < 1.29 is 9.45 Å². The average molecular weight is 264 g/mol. The van der Waals surface area contributed by atoms with Gasteiger partial charge < -0.3 is 4.52 Å². The highest BCUT2D eigenvalue weighted by molar-refractivity contribution is 5.39. The summed E-state index contributed by atoms with van der Waals surface area (Å²) < 4.78 is 6.78. The molecule has 0 unspecified atom stereocenters. The van der Waals surface area contributed by atoms with Crippen LogP contribution in [0.2, 0.25) is 0 Å². The zero-order valence-electron chi connectivity index (χ0n) is 11.4. The number of nitrogens with zero attached hydrogens (tertiary/aromatic N) is 4. The third kappa shape index (κ3) is 2.49. The zero-order chi connectivity index (χ0) is 14.2. The molecule has 2 heterocycles. The fourth-order valence-electron chi connectivity index (χ4n) is 1.93. The molecule has 0 radical (unpaired) electrons. The van der Waals surface area contributed by atoms with Gasteiger partial charge in [-0.3, -0.25) is 14.8 Å². The SMILES string of the molecule is Cc1nn(Cc2cc(C(C)C)no2)c(C)c1[N+](=O)[O-]. The van der Waals surface area contributed by atoms with Gasteiger partial charge in [-0.05, 0) is 19.8 Å². The third-order valence-corrected chi connectivity index (χ3v) is 3.00. The van der Waals surface area contributed by atoms with Crippen LogP contribution in [0.15, 0.2) is 10.6 Å². The highest BCUT2D eigenvalue weighted by atomic mass is 16.6. The normalized spacial score (nSPS) is 11.2. The second-order valence-corrected chi connectivity index (χ2v) is 4.81. The summed E-state index contributed by atoms with van der Waals surface area (Å²) in [5.41, 5.74) is 1.85. The van der Waals surface area contributed by atoms with Crippen LogP contribution in [0.5, 0.6) is 0 Å². The predicted octanol–water partition coefficient (Wildman–Crippen LogP) is 2.57. The fraction of sp³-hybridized carbons (Fsp3) is 0.500. The predicted molar refractivity (Wildman–Crippen MR) is 68.0 cm³/mol. The van der Waals surface area contributed by atoms with Crippen LogP contribution in [-0.2, 0) is 6.54 Å². The second kappa shape index (κ2) is 4.83. The van der Waals surface area contributed by atoms with Crippen LogP contribution in [0.4, 0.5) is 5.69 Å². The Kier molecular flexibility index (Phi) is 3.37. The summed E-state index contributed by atoms with van der Waals surface area (Å²) in [6.45, 7) is 7.70. The molecule has 0 aromatic carbocycles. The lowest BCUT2D eigenvalue weighted by Crippen LogP contribution is -2.03. The lowest BCUT2D eigenvalue weighted by atomic mass is 10.1. The van der Waals surface area contributed by atoms with Crippen molar-refractivity contribution in [1.82, 2.24) is 14.9 Å². The minimum absolute atomic E-state index is 0.0589. The first-order valence-electron chi connectivity index (χ1n) is 6.04. The van der Waals surface area contributed by atoms with Gasteiger partial charge in [-0.1, -0.05) is 19.0 Å². The molecule has 19 heavy (non-hydrogen) atoms. The molecule has 0 amide bonds. The van der Waals surface area contributed by atoms with E-state index >= 15 is 0 Å². The van der Waals surface area contributed by atoms with E-state index in [4.69, 9.17) is 4.52 Å². The molecule has 0 N–H and O–H groups in total. The van der Waals surface area contributed by atoms with E-state index in [0.717, 1.165) is 5.69 Å². The molecule has 0 aliphatic rings.